The molecule has 25 heavy (non-hydrogen) atoms. The minimum Gasteiger partial charge on any atom is -0.352 e. The second kappa shape index (κ2) is 7.97. The van der Waals surface area contributed by atoms with Crippen molar-refractivity contribution < 1.29 is 9.59 Å². The third-order valence-corrected chi connectivity index (χ3v) is 4.70. The molecule has 1 aliphatic heterocycles. The van der Waals surface area contributed by atoms with Gasteiger partial charge in [0.25, 0.3) is 5.91 Å². The van der Waals surface area contributed by atoms with Crippen LogP contribution in [-0.2, 0) is 17.8 Å². The number of hydrogen-bond donors (Lipinski definition) is 1. The van der Waals surface area contributed by atoms with Crippen molar-refractivity contribution >= 4 is 11.8 Å². The van der Waals surface area contributed by atoms with E-state index in [0.717, 1.165) is 24.9 Å². The topological polar surface area (TPSA) is 49.4 Å². The predicted molar refractivity (Wildman–Crippen MR) is 98.3 cm³/mol. The Morgan fingerprint density at radius 3 is 2.56 bits per heavy atom. The zero-order chi connectivity index (χ0) is 17.6. The minimum atomic E-state index is -0.0580. The molecule has 2 amide bonds. The van der Waals surface area contributed by atoms with Crippen molar-refractivity contribution in [3.05, 3.63) is 70.8 Å². The highest BCUT2D eigenvalue weighted by molar-refractivity contribution is 5.94. The molecule has 0 saturated carbocycles. The van der Waals surface area contributed by atoms with Crippen molar-refractivity contribution in [2.24, 2.45) is 0 Å². The van der Waals surface area contributed by atoms with Gasteiger partial charge in [0.05, 0.1) is 0 Å². The normalized spacial score (nSPS) is 14.0. The lowest BCUT2D eigenvalue weighted by molar-refractivity contribution is -0.128. The Morgan fingerprint density at radius 2 is 1.88 bits per heavy atom. The van der Waals surface area contributed by atoms with E-state index in [1.54, 1.807) is 0 Å². The Balaban J connectivity index is 1.50. The fraction of sp³-hybridized carbons (Fsp3) is 0.333. The van der Waals surface area contributed by atoms with Gasteiger partial charge in [0, 0.05) is 31.6 Å². The molecule has 0 aliphatic carbocycles. The molecule has 4 heteroatoms. The molecule has 0 aromatic heterocycles. The van der Waals surface area contributed by atoms with Crippen LogP contribution in [0.4, 0.5) is 0 Å². The third kappa shape index (κ3) is 4.47. The van der Waals surface area contributed by atoms with Crippen molar-refractivity contribution in [1.29, 1.82) is 0 Å². The maximum absolute atomic E-state index is 12.3. The Hall–Kier alpha value is -2.62. The Kier molecular flexibility index (Phi) is 5.49. The highest BCUT2D eigenvalue weighted by atomic mass is 16.2. The van der Waals surface area contributed by atoms with Crippen LogP contribution in [0, 0.1) is 6.92 Å². The summed E-state index contributed by atoms with van der Waals surface area (Å²) < 4.78 is 0. The summed E-state index contributed by atoms with van der Waals surface area (Å²) in [5.74, 6) is 0.162. The second-order valence-electron chi connectivity index (χ2n) is 6.55. The molecule has 1 aliphatic rings. The van der Waals surface area contributed by atoms with Crippen molar-refractivity contribution in [3.63, 3.8) is 0 Å². The average Bonchev–Trinajstić information content (AvgIpc) is 3.02. The van der Waals surface area contributed by atoms with Gasteiger partial charge >= 0.3 is 0 Å². The SMILES string of the molecule is Cc1ccccc1CCNC(=O)c1ccc(CN2CCCC2=O)cc1. The van der Waals surface area contributed by atoms with Gasteiger partial charge in [0.15, 0.2) is 0 Å². The van der Waals surface area contributed by atoms with Crippen molar-refractivity contribution in [3.8, 4) is 0 Å². The first kappa shape index (κ1) is 17.2. The molecule has 0 bridgehead atoms. The van der Waals surface area contributed by atoms with Crippen LogP contribution in [0.3, 0.4) is 0 Å². The van der Waals surface area contributed by atoms with E-state index in [9.17, 15) is 9.59 Å². The number of rotatable bonds is 6. The molecule has 0 spiro atoms. The second-order valence-corrected chi connectivity index (χ2v) is 6.55. The zero-order valence-electron chi connectivity index (χ0n) is 14.6. The van der Waals surface area contributed by atoms with Crippen LogP contribution in [0.2, 0.25) is 0 Å². The lowest BCUT2D eigenvalue weighted by Gasteiger charge is -2.15. The number of likely N-dealkylation sites (tertiary alicyclic amines) is 1. The fourth-order valence-corrected chi connectivity index (χ4v) is 3.16. The van der Waals surface area contributed by atoms with Crippen molar-refractivity contribution in [2.75, 3.05) is 13.1 Å². The molecule has 0 radical (unpaired) electrons. The summed E-state index contributed by atoms with van der Waals surface area (Å²) >= 11 is 0. The molecule has 130 valence electrons. The van der Waals surface area contributed by atoms with Crippen LogP contribution in [0.15, 0.2) is 48.5 Å². The molecule has 1 heterocycles. The predicted octanol–water partition coefficient (Wildman–Crippen LogP) is 3.09. The summed E-state index contributed by atoms with van der Waals surface area (Å²) in [6.45, 7) is 4.17. The number of nitrogens with one attached hydrogen (secondary N) is 1. The van der Waals surface area contributed by atoms with Gasteiger partial charge in [-0.3, -0.25) is 9.59 Å². The number of amides is 2. The first-order valence-corrected chi connectivity index (χ1v) is 8.83. The van der Waals surface area contributed by atoms with Crippen LogP contribution < -0.4 is 5.32 Å². The summed E-state index contributed by atoms with van der Waals surface area (Å²) in [6.07, 6.45) is 2.43. The van der Waals surface area contributed by atoms with Gasteiger partial charge in [-0.05, 0) is 48.6 Å². The average molecular weight is 336 g/mol. The van der Waals surface area contributed by atoms with E-state index in [4.69, 9.17) is 0 Å². The third-order valence-electron chi connectivity index (χ3n) is 4.70. The van der Waals surface area contributed by atoms with Crippen LogP contribution >= 0.6 is 0 Å². The van der Waals surface area contributed by atoms with Gasteiger partial charge in [-0.25, -0.2) is 0 Å². The van der Waals surface area contributed by atoms with Gasteiger partial charge in [-0.15, -0.1) is 0 Å². The molecular weight excluding hydrogens is 312 g/mol. The number of nitrogens with zero attached hydrogens (tertiary/aromatic N) is 1. The zero-order valence-corrected chi connectivity index (χ0v) is 14.6. The number of benzene rings is 2. The van der Waals surface area contributed by atoms with Crippen molar-refractivity contribution in [1.82, 2.24) is 10.2 Å². The molecule has 0 unspecified atom stereocenters. The van der Waals surface area contributed by atoms with Crippen LogP contribution in [0.1, 0.15) is 39.9 Å². The summed E-state index contributed by atoms with van der Waals surface area (Å²) in [5.41, 5.74) is 4.22. The Morgan fingerprint density at radius 1 is 1.12 bits per heavy atom. The maximum Gasteiger partial charge on any atom is 0.251 e. The van der Waals surface area contributed by atoms with Gasteiger partial charge in [0.2, 0.25) is 5.91 Å². The van der Waals surface area contributed by atoms with Crippen LogP contribution in [0.25, 0.3) is 0 Å². The smallest absolute Gasteiger partial charge is 0.251 e. The van der Waals surface area contributed by atoms with E-state index < -0.39 is 0 Å². The molecule has 1 fully saturated rings. The van der Waals surface area contributed by atoms with E-state index in [1.165, 1.54) is 11.1 Å². The summed E-state index contributed by atoms with van der Waals surface area (Å²) in [7, 11) is 0. The summed E-state index contributed by atoms with van der Waals surface area (Å²) in [4.78, 5) is 25.8. The quantitative estimate of drug-likeness (QED) is 0.881. The van der Waals surface area contributed by atoms with Crippen LogP contribution in [0.5, 0.6) is 0 Å². The summed E-state index contributed by atoms with van der Waals surface area (Å²) in [6, 6.07) is 15.8. The standard InChI is InChI=1S/C21H24N2O2/c1-16-5-2-3-6-18(16)12-13-22-21(25)19-10-8-17(9-11-19)15-23-14-4-7-20(23)24/h2-3,5-6,8-11H,4,7,12-15H2,1H3,(H,22,25). The van der Waals surface area contributed by atoms with Crippen molar-refractivity contribution in [2.45, 2.75) is 32.7 Å². The Bertz CT molecular complexity index is 753. The maximum atomic E-state index is 12.3. The highest BCUT2D eigenvalue weighted by Gasteiger charge is 2.19. The first-order chi connectivity index (χ1) is 12.1. The largest absolute Gasteiger partial charge is 0.352 e. The van der Waals surface area contributed by atoms with Gasteiger partial charge in [0.1, 0.15) is 0 Å². The number of carbonyl (C=O) groups excluding carboxylic acids is 2. The highest BCUT2D eigenvalue weighted by Crippen LogP contribution is 2.15. The van der Waals surface area contributed by atoms with E-state index >= 15 is 0 Å². The Labute approximate surface area is 148 Å². The van der Waals surface area contributed by atoms with Gasteiger partial charge in [-0.2, -0.15) is 0 Å². The number of carbonyl (C=O) groups is 2. The van der Waals surface area contributed by atoms with Gasteiger partial charge < -0.3 is 10.2 Å². The molecular formula is C21H24N2O2. The molecule has 3 rings (SSSR count). The molecule has 1 saturated heterocycles. The molecule has 0 atom stereocenters. The van der Waals surface area contributed by atoms with E-state index in [2.05, 4.69) is 24.4 Å². The lowest BCUT2D eigenvalue weighted by Crippen LogP contribution is -2.26. The fourth-order valence-electron chi connectivity index (χ4n) is 3.16. The van der Waals surface area contributed by atoms with E-state index in [-0.39, 0.29) is 11.8 Å². The molecule has 2 aromatic carbocycles. The van der Waals surface area contributed by atoms with E-state index in [0.29, 0.717) is 25.1 Å². The van der Waals surface area contributed by atoms with Crippen LogP contribution in [-0.4, -0.2) is 29.8 Å². The molecule has 1 N–H and O–H groups in total. The molecule has 2 aromatic rings. The molecule has 4 nitrogen and oxygen atoms in total. The minimum absolute atomic E-state index is 0.0580. The summed E-state index contributed by atoms with van der Waals surface area (Å²) in [5, 5.41) is 2.97. The number of hydrogen-bond acceptors (Lipinski definition) is 2. The van der Waals surface area contributed by atoms with Gasteiger partial charge in [-0.1, -0.05) is 36.4 Å². The number of aryl methyl sites for hydroxylation is 1. The lowest BCUT2D eigenvalue weighted by atomic mass is 10.1. The van der Waals surface area contributed by atoms with E-state index in [1.807, 2.05) is 41.3 Å². The first-order valence-electron chi connectivity index (χ1n) is 8.83. The monoisotopic (exact) mass is 336 g/mol.